The topological polar surface area (TPSA) is 138 Å². The third-order valence-electron chi connectivity index (χ3n) is 4.86. The number of aromatic amines is 1. The Labute approximate surface area is 172 Å². The lowest BCUT2D eigenvalue weighted by Crippen LogP contribution is -2.19. The standard InChI is InChI=1S/C20H21FN8O/c1-11(21)15-4-5-17(30-14-3-2-12(23)6-14)20(26-15)16-7-18(29-28-16)27-19-10-24-13(8-22)9-25-19/h4-5,7,9-12,14H,2-3,6,23H2,1H3,(H2,25,27,28,29)/t11?,12-,14+/m0/s1. The molecule has 154 valence electrons. The summed E-state index contributed by atoms with van der Waals surface area (Å²) < 4.78 is 20.0. The molecule has 0 saturated heterocycles. The number of nitrogens with two attached hydrogens (primary N) is 1. The Morgan fingerprint density at radius 2 is 2.17 bits per heavy atom. The molecule has 30 heavy (non-hydrogen) atoms. The number of rotatable bonds is 6. The summed E-state index contributed by atoms with van der Waals surface area (Å²) in [5.41, 5.74) is 7.56. The van der Waals surface area contributed by atoms with Crippen LogP contribution in [-0.4, -0.2) is 37.3 Å². The van der Waals surface area contributed by atoms with Crippen LogP contribution in [0.2, 0.25) is 0 Å². The van der Waals surface area contributed by atoms with Crippen LogP contribution < -0.4 is 15.8 Å². The molecule has 3 heterocycles. The van der Waals surface area contributed by atoms with Crippen molar-refractivity contribution < 1.29 is 9.13 Å². The number of alkyl halides is 1. The lowest BCUT2D eigenvalue weighted by molar-refractivity contribution is 0.208. The third-order valence-corrected chi connectivity index (χ3v) is 4.86. The molecule has 1 aliphatic carbocycles. The first kappa shape index (κ1) is 19.7. The fourth-order valence-electron chi connectivity index (χ4n) is 3.32. The molecule has 3 aromatic heterocycles. The first-order valence-corrected chi connectivity index (χ1v) is 9.64. The summed E-state index contributed by atoms with van der Waals surface area (Å²) in [6, 6.07) is 7.13. The van der Waals surface area contributed by atoms with Crippen LogP contribution >= 0.6 is 0 Å². The molecule has 9 nitrogen and oxygen atoms in total. The van der Waals surface area contributed by atoms with Crippen molar-refractivity contribution in [2.75, 3.05) is 5.32 Å². The first-order chi connectivity index (χ1) is 14.5. The summed E-state index contributed by atoms with van der Waals surface area (Å²) in [5, 5.41) is 18.9. The van der Waals surface area contributed by atoms with Gasteiger partial charge in [-0.2, -0.15) is 10.4 Å². The van der Waals surface area contributed by atoms with Crippen molar-refractivity contribution in [2.24, 2.45) is 5.73 Å². The van der Waals surface area contributed by atoms with Crippen molar-refractivity contribution >= 4 is 11.6 Å². The van der Waals surface area contributed by atoms with Gasteiger partial charge in [0, 0.05) is 12.1 Å². The van der Waals surface area contributed by atoms with Crippen molar-refractivity contribution in [3.63, 3.8) is 0 Å². The van der Waals surface area contributed by atoms with Crippen LogP contribution in [-0.2, 0) is 0 Å². The number of anilines is 2. The van der Waals surface area contributed by atoms with Gasteiger partial charge < -0.3 is 15.8 Å². The Morgan fingerprint density at radius 1 is 1.30 bits per heavy atom. The van der Waals surface area contributed by atoms with E-state index in [1.165, 1.54) is 19.3 Å². The predicted octanol–water partition coefficient (Wildman–Crippen LogP) is 3.17. The van der Waals surface area contributed by atoms with Crippen molar-refractivity contribution in [3.05, 3.63) is 42.0 Å². The van der Waals surface area contributed by atoms with E-state index in [9.17, 15) is 4.39 Å². The van der Waals surface area contributed by atoms with Gasteiger partial charge in [-0.15, -0.1) is 0 Å². The van der Waals surface area contributed by atoms with Gasteiger partial charge >= 0.3 is 0 Å². The molecule has 3 atom stereocenters. The maximum Gasteiger partial charge on any atom is 0.158 e. The van der Waals surface area contributed by atoms with Gasteiger partial charge in [-0.25, -0.2) is 19.3 Å². The summed E-state index contributed by atoms with van der Waals surface area (Å²) in [6.07, 6.45) is 4.14. The molecule has 0 radical (unpaired) electrons. The smallest absolute Gasteiger partial charge is 0.158 e. The monoisotopic (exact) mass is 408 g/mol. The van der Waals surface area contributed by atoms with Crippen LogP contribution in [0.15, 0.2) is 30.6 Å². The molecular formula is C20H21FN8O. The summed E-state index contributed by atoms with van der Waals surface area (Å²) in [4.78, 5) is 12.5. The SMILES string of the molecule is CC(F)c1ccc(O[C@@H]2CC[C@H](N)C2)c(-c2cc(Nc3cnc(C#N)cn3)n[nH]2)n1. The Balaban J connectivity index is 1.59. The zero-order valence-corrected chi connectivity index (χ0v) is 16.3. The molecule has 10 heteroatoms. The highest BCUT2D eigenvalue weighted by Crippen LogP contribution is 2.33. The minimum absolute atomic E-state index is 0.00337. The van der Waals surface area contributed by atoms with E-state index in [0.29, 0.717) is 34.5 Å². The van der Waals surface area contributed by atoms with E-state index in [4.69, 9.17) is 15.7 Å². The Hall–Kier alpha value is -3.58. The lowest BCUT2D eigenvalue weighted by Gasteiger charge is -2.16. The number of nitrogens with one attached hydrogen (secondary N) is 2. The molecule has 0 aliphatic heterocycles. The van der Waals surface area contributed by atoms with Gasteiger partial charge in [0.2, 0.25) is 0 Å². The highest BCUT2D eigenvalue weighted by molar-refractivity contribution is 5.67. The van der Waals surface area contributed by atoms with E-state index in [1.807, 2.05) is 6.07 Å². The predicted molar refractivity (Wildman–Crippen MR) is 108 cm³/mol. The van der Waals surface area contributed by atoms with Crippen LogP contribution in [0.1, 0.15) is 43.7 Å². The normalized spacial score (nSPS) is 19.3. The van der Waals surface area contributed by atoms with E-state index in [1.54, 1.807) is 18.2 Å². The molecule has 0 aromatic carbocycles. The van der Waals surface area contributed by atoms with Crippen molar-refractivity contribution in [1.82, 2.24) is 25.1 Å². The zero-order valence-electron chi connectivity index (χ0n) is 16.3. The Bertz CT molecular complexity index is 1060. The molecule has 0 spiro atoms. The maximum absolute atomic E-state index is 13.9. The second-order valence-electron chi connectivity index (χ2n) is 7.20. The van der Waals surface area contributed by atoms with E-state index in [2.05, 4.69) is 30.5 Å². The second kappa shape index (κ2) is 8.42. The van der Waals surface area contributed by atoms with E-state index >= 15 is 0 Å². The van der Waals surface area contributed by atoms with Gasteiger partial charge in [0.15, 0.2) is 11.5 Å². The van der Waals surface area contributed by atoms with Gasteiger partial charge in [0.25, 0.3) is 0 Å². The molecule has 4 rings (SSSR count). The zero-order chi connectivity index (χ0) is 21.1. The number of H-pyrrole nitrogens is 1. The van der Waals surface area contributed by atoms with E-state index < -0.39 is 6.17 Å². The number of nitrogens with zero attached hydrogens (tertiary/aromatic N) is 5. The number of halogens is 1. The van der Waals surface area contributed by atoms with Crippen LogP contribution in [0.25, 0.3) is 11.4 Å². The van der Waals surface area contributed by atoms with Gasteiger partial charge in [0.05, 0.1) is 23.8 Å². The molecule has 1 unspecified atom stereocenters. The lowest BCUT2D eigenvalue weighted by atomic mass is 10.2. The van der Waals surface area contributed by atoms with Crippen LogP contribution in [0.5, 0.6) is 5.75 Å². The number of hydrogen-bond acceptors (Lipinski definition) is 8. The average molecular weight is 408 g/mol. The highest BCUT2D eigenvalue weighted by atomic mass is 19.1. The Kier molecular flexibility index (Phi) is 5.54. The first-order valence-electron chi connectivity index (χ1n) is 9.64. The quantitative estimate of drug-likeness (QED) is 0.565. The summed E-state index contributed by atoms with van der Waals surface area (Å²) >= 11 is 0. The largest absolute Gasteiger partial charge is 0.488 e. The average Bonchev–Trinajstić information content (AvgIpc) is 3.37. The molecule has 1 fully saturated rings. The number of hydrogen-bond donors (Lipinski definition) is 3. The summed E-state index contributed by atoms with van der Waals surface area (Å²) in [5.74, 6) is 1.45. The molecule has 3 aromatic rings. The number of nitriles is 1. The van der Waals surface area contributed by atoms with E-state index in [0.717, 1.165) is 19.3 Å². The summed E-state index contributed by atoms with van der Waals surface area (Å²) in [6.45, 7) is 1.44. The van der Waals surface area contributed by atoms with Crippen LogP contribution in [0.4, 0.5) is 16.0 Å². The van der Waals surface area contributed by atoms with Gasteiger partial charge in [0.1, 0.15) is 35.6 Å². The van der Waals surface area contributed by atoms with Gasteiger partial charge in [-0.05, 0) is 38.3 Å². The van der Waals surface area contributed by atoms with Crippen LogP contribution in [0.3, 0.4) is 0 Å². The summed E-state index contributed by atoms with van der Waals surface area (Å²) in [7, 11) is 0. The number of aromatic nitrogens is 5. The minimum Gasteiger partial charge on any atom is -0.488 e. The molecule has 1 aliphatic rings. The molecule has 1 saturated carbocycles. The van der Waals surface area contributed by atoms with Crippen molar-refractivity contribution in [1.29, 1.82) is 5.26 Å². The van der Waals surface area contributed by atoms with Gasteiger partial charge in [-0.1, -0.05) is 0 Å². The molecule has 0 bridgehead atoms. The van der Waals surface area contributed by atoms with E-state index in [-0.39, 0.29) is 17.8 Å². The maximum atomic E-state index is 13.9. The highest BCUT2D eigenvalue weighted by Gasteiger charge is 2.25. The fraction of sp³-hybridized carbons (Fsp3) is 0.350. The number of pyridine rings is 1. The van der Waals surface area contributed by atoms with Gasteiger partial charge in [-0.3, -0.25) is 5.10 Å². The molecule has 0 amide bonds. The Morgan fingerprint density at radius 3 is 2.83 bits per heavy atom. The van der Waals surface area contributed by atoms with Crippen molar-refractivity contribution in [3.8, 4) is 23.2 Å². The van der Waals surface area contributed by atoms with Crippen LogP contribution in [0, 0.1) is 11.3 Å². The van der Waals surface area contributed by atoms with Crippen molar-refractivity contribution in [2.45, 2.75) is 44.5 Å². The molecular weight excluding hydrogens is 387 g/mol. The molecule has 4 N–H and O–H groups in total. The third kappa shape index (κ3) is 4.36. The fourth-order valence-corrected chi connectivity index (χ4v) is 3.32. The number of ether oxygens (including phenoxy) is 1. The second-order valence-corrected chi connectivity index (χ2v) is 7.20. The minimum atomic E-state index is -1.22.